The molecule has 0 saturated carbocycles. The molecule has 1 aromatic heterocycles. The van der Waals surface area contributed by atoms with Crippen LogP contribution in [0.5, 0.6) is 0 Å². The summed E-state index contributed by atoms with van der Waals surface area (Å²) in [7, 11) is 0. The van der Waals surface area contributed by atoms with Gasteiger partial charge in [-0.1, -0.05) is 0 Å². The molecule has 0 unspecified atom stereocenters. The Morgan fingerprint density at radius 1 is 1.16 bits per heavy atom. The highest BCUT2D eigenvalue weighted by Crippen LogP contribution is 2.32. The first kappa shape index (κ1) is 16.6. The number of hydrogen-bond acceptors (Lipinski definition) is 4. The molecular weight excluding hydrogens is 330 g/mol. The second-order valence-electron chi connectivity index (χ2n) is 6.98. The molecule has 1 fully saturated rings. The van der Waals surface area contributed by atoms with Gasteiger partial charge in [0, 0.05) is 41.9 Å². The molecule has 2 aromatic rings. The molecule has 4 nitrogen and oxygen atoms in total. The van der Waals surface area contributed by atoms with Gasteiger partial charge in [0.1, 0.15) is 0 Å². The Balaban J connectivity index is 1.34. The van der Waals surface area contributed by atoms with Gasteiger partial charge in [0.2, 0.25) is 5.91 Å². The SMILES string of the molecule is C[C@@H]1c2ccsc2CCN1CC(=O)Nc1ccc(N2CCCC2)cc1. The topological polar surface area (TPSA) is 35.6 Å². The minimum atomic E-state index is 0.0689. The number of rotatable bonds is 4. The van der Waals surface area contributed by atoms with E-state index in [1.165, 1.54) is 29.0 Å². The Morgan fingerprint density at radius 3 is 2.68 bits per heavy atom. The number of carbonyl (C=O) groups is 1. The Kier molecular flexibility index (Phi) is 4.77. The zero-order chi connectivity index (χ0) is 17.2. The van der Waals surface area contributed by atoms with E-state index in [9.17, 15) is 4.79 Å². The summed E-state index contributed by atoms with van der Waals surface area (Å²) in [5.74, 6) is 0.0689. The molecule has 1 atom stereocenters. The fourth-order valence-electron chi connectivity index (χ4n) is 3.89. The Labute approximate surface area is 153 Å². The molecule has 0 aliphatic carbocycles. The molecule has 132 valence electrons. The predicted octanol–water partition coefficient (Wildman–Crippen LogP) is 3.91. The molecule has 25 heavy (non-hydrogen) atoms. The average molecular weight is 356 g/mol. The third-order valence-electron chi connectivity index (χ3n) is 5.37. The van der Waals surface area contributed by atoms with E-state index in [-0.39, 0.29) is 5.91 Å². The van der Waals surface area contributed by atoms with Gasteiger partial charge in [-0.25, -0.2) is 0 Å². The van der Waals surface area contributed by atoms with Crippen LogP contribution in [0.2, 0.25) is 0 Å². The van der Waals surface area contributed by atoms with Crippen LogP contribution < -0.4 is 10.2 Å². The van der Waals surface area contributed by atoms with Crippen LogP contribution in [0.25, 0.3) is 0 Å². The maximum atomic E-state index is 12.5. The molecule has 5 heteroatoms. The summed E-state index contributed by atoms with van der Waals surface area (Å²) >= 11 is 1.83. The van der Waals surface area contributed by atoms with Crippen molar-refractivity contribution < 1.29 is 4.79 Å². The molecule has 1 saturated heterocycles. The number of fused-ring (bicyclic) bond motifs is 1. The number of hydrogen-bond donors (Lipinski definition) is 1. The second-order valence-corrected chi connectivity index (χ2v) is 7.99. The van der Waals surface area contributed by atoms with Crippen molar-refractivity contribution in [3.05, 3.63) is 46.2 Å². The van der Waals surface area contributed by atoms with Crippen molar-refractivity contribution >= 4 is 28.6 Å². The van der Waals surface area contributed by atoms with Crippen molar-refractivity contribution in [1.82, 2.24) is 4.90 Å². The lowest BCUT2D eigenvalue weighted by Gasteiger charge is -2.32. The molecule has 2 aliphatic rings. The van der Waals surface area contributed by atoms with Crippen LogP contribution in [0.4, 0.5) is 11.4 Å². The van der Waals surface area contributed by atoms with E-state index >= 15 is 0 Å². The summed E-state index contributed by atoms with van der Waals surface area (Å²) in [4.78, 5) is 18.6. The second kappa shape index (κ2) is 7.18. The minimum absolute atomic E-state index is 0.0689. The highest BCUT2D eigenvalue weighted by molar-refractivity contribution is 7.10. The fourth-order valence-corrected chi connectivity index (χ4v) is 4.86. The van der Waals surface area contributed by atoms with E-state index < -0.39 is 0 Å². The molecule has 3 heterocycles. The van der Waals surface area contributed by atoms with Gasteiger partial charge < -0.3 is 10.2 Å². The molecular formula is C20H25N3OS. The molecule has 2 aliphatic heterocycles. The number of nitrogens with zero attached hydrogens (tertiary/aromatic N) is 2. The summed E-state index contributed by atoms with van der Waals surface area (Å²) in [5, 5.41) is 5.21. The highest BCUT2D eigenvalue weighted by Gasteiger charge is 2.26. The largest absolute Gasteiger partial charge is 0.372 e. The number of benzene rings is 1. The number of amides is 1. The summed E-state index contributed by atoms with van der Waals surface area (Å²) < 4.78 is 0. The van der Waals surface area contributed by atoms with Gasteiger partial charge in [0.05, 0.1) is 6.54 Å². The van der Waals surface area contributed by atoms with Gasteiger partial charge >= 0.3 is 0 Å². The van der Waals surface area contributed by atoms with Crippen molar-refractivity contribution in [2.75, 3.05) is 36.4 Å². The van der Waals surface area contributed by atoms with Crippen molar-refractivity contribution in [2.24, 2.45) is 0 Å². The number of nitrogens with one attached hydrogen (secondary N) is 1. The minimum Gasteiger partial charge on any atom is -0.372 e. The molecule has 1 aromatic carbocycles. The zero-order valence-electron chi connectivity index (χ0n) is 14.7. The Bertz CT molecular complexity index is 734. The molecule has 0 spiro atoms. The first-order valence-electron chi connectivity index (χ1n) is 9.16. The molecule has 0 bridgehead atoms. The van der Waals surface area contributed by atoms with Crippen LogP contribution in [0.15, 0.2) is 35.7 Å². The van der Waals surface area contributed by atoms with E-state index in [1.807, 2.05) is 23.5 Å². The van der Waals surface area contributed by atoms with Gasteiger partial charge in [-0.2, -0.15) is 0 Å². The van der Waals surface area contributed by atoms with Crippen LogP contribution in [-0.4, -0.2) is 37.0 Å². The highest BCUT2D eigenvalue weighted by atomic mass is 32.1. The normalized spacial score (nSPS) is 20.5. The summed E-state index contributed by atoms with van der Waals surface area (Å²) in [6.07, 6.45) is 3.60. The van der Waals surface area contributed by atoms with Crippen LogP contribution in [0.3, 0.4) is 0 Å². The summed E-state index contributed by atoms with van der Waals surface area (Å²) in [5.41, 5.74) is 3.53. The van der Waals surface area contributed by atoms with Gasteiger partial charge in [0.25, 0.3) is 0 Å². The third-order valence-corrected chi connectivity index (χ3v) is 6.37. The Morgan fingerprint density at radius 2 is 1.92 bits per heavy atom. The molecule has 0 radical (unpaired) electrons. The molecule has 1 amide bonds. The number of anilines is 2. The van der Waals surface area contributed by atoms with Crippen molar-refractivity contribution in [2.45, 2.75) is 32.2 Å². The van der Waals surface area contributed by atoms with Gasteiger partial charge in [-0.3, -0.25) is 9.69 Å². The Hall–Kier alpha value is -1.85. The van der Waals surface area contributed by atoms with Crippen molar-refractivity contribution in [3.63, 3.8) is 0 Å². The van der Waals surface area contributed by atoms with Crippen molar-refractivity contribution in [1.29, 1.82) is 0 Å². The van der Waals surface area contributed by atoms with Gasteiger partial charge in [0.15, 0.2) is 0 Å². The zero-order valence-corrected chi connectivity index (χ0v) is 15.5. The van der Waals surface area contributed by atoms with Crippen molar-refractivity contribution in [3.8, 4) is 0 Å². The van der Waals surface area contributed by atoms with Crippen LogP contribution in [0.1, 0.15) is 36.2 Å². The van der Waals surface area contributed by atoms with E-state index in [4.69, 9.17) is 0 Å². The summed E-state index contributed by atoms with van der Waals surface area (Å²) in [6.45, 7) is 5.88. The quantitative estimate of drug-likeness (QED) is 0.903. The lowest BCUT2D eigenvalue weighted by atomic mass is 10.0. The van der Waals surface area contributed by atoms with E-state index in [1.54, 1.807) is 0 Å². The van der Waals surface area contributed by atoms with Crippen LogP contribution in [0, 0.1) is 0 Å². The van der Waals surface area contributed by atoms with E-state index in [2.05, 4.69) is 45.6 Å². The van der Waals surface area contributed by atoms with Gasteiger partial charge in [-0.05, 0) is 67.5 Å². The molecule has 1 N–H and O–H groups in total. The monoisotopic (exact) mass is 355 g/mol. The number of carbonyl (C=O) groups excluding carboxylic acids is 1. The van der Waals surface area contributed by atoms with Crippen LogP contribution >= 0.6 is 11.3 Å². The molecule has 4 rings (SSSR count). The lowest BCUT2D eigenvalue weighted by Crippen LogP contribution is -2.39. The maximum Gasteiger partial charge on any atom is 0.238 e. The average Bonchev–Trinajstić information content (AvgIpc) is 3.30. The first-order valence-corrected chi connectivity index (χ1v) is 10.0. The maximum absolute atomic E-state index is 12.5. The van der Waals surface area contributed by atoms with Gasteiger partial charge in [-0.15, -0.1) is 11.3 Å². The standard InChI is InChI=1S/C20H25N3OS/c1-15-18-9-13-25-19(18)8-12-23(15)14-20(24)21-16-4-6-17(7-5-16)22-10-2-3-11-22/h4-7,9,13,15H,2-3,8,10-12,14H2,1H3,(H,21,24)/t15-/m1/s1. The number of thiophene rings is 1. The predicted molar refractivity (Wildman–Crippen MR) is 105 cm³/mol. The van der Waals surface area contributed by atoms with E-state index in [0.29, 0.717) is 12.6 Å². The first-order chi connectivity index (χ1) is 12.2. The van der Waals surface area contributed by atoms with E-state index in [0.717, 1.165) is 31.7 Å². The lowest BCUT2D eigenvalue weighted by molar-refractivity contribution is -0.117. The fraction of sp³-hybridized carbons (Fsp3) is 0.450. The third kappa shape index (κ3) is 3.58. The smallest absolute Gasteiger partial charge is 0.238 e. The van der Waals surface area contributed by atoms with Crippen LogP contribution in [-0.2, 0) is 11.2 Å². The summed E-state index contributed by atoms with van der Waals surface area (Å²) in [6, 6.07) is 10.8.